The molecule has 3 aromatic rings. The number of H-pyrrole nitrogens is 1. The summed E-state index contributed by atoms with van der Waals surface area (Å²) in [7, 11) is 0. The lowest BCUT2D eigenvalue weighted by Gasteiger charge is -2.19. The zero-order valence-electron chi connectivity index (χ0n) is 11.1. The lowest BCUT2D eigenvalue weighted by Crippen LogP contribution is -2.26. The molecule has 1 atom stereocenters. The number of amides is 1. The second kappa shape index (κ2) is 5.17. The minimum absolute atomic E-state index is 0.0523. The molecule has 0 aliphatic carbocycles. The second-order valence-electron chi connectivity index (χ2n) is 4.72. The Bertz CT molecular complexity index is 734. The number of hydrogen-bond donors (Lipinski definition) is 2. The molecule has 1 amide bonds. The van der Waals surface area contributed by atoms with E-state index < -0.39 is 0 Å². The van der Waals surface area contributed by atoms with E-state index in [4.69, 9.17) is 0 Å². The zero-order valence-corrected chi connectivity index (χ0v) is 11.1. The van der Waals surface area contributed by atoms with Gasteiger partial charge >= 0.3 is 0 Å². The number of carbonyl (C=O) groups excluding carboxylic acids is 1. The van der Waals surface area contributed by atoms with Crippen LogP contribution in [0.5, 0.6) is 0 Å². The Morgan fingerprint density at radius 2 is 1.95 bits per heavy atom. The maximum absolute atomic E-state index is 11.5. The first-order valence-electron chi connectivity index (χ1n) is 6.49. The van der Waals surface area contributed by atoms with Crippen molar-refractivity contribution in [2.45, 2.75) is 13.0 Å². The number of benzene rings is 2. The summed E-state index contributed by atoms with van der Waals surface area (Å²) in [6.45, 7) is 1.53. The summed E-state index contributed by atoms with van der Waals surface area (Å²) in [5.41, 5.74) is 3.97. The molecule has 2 aromatic carbocycles. The third kappa shape index (κ3) is 2.40. The molecule has 1 heterocycles. The zero-order chi connectivity index (χ0) is 13.9. The van der Waals surface area contributed by atoms with Gasteiger partial charge in [0.05, 0.1) is 23.4 Å². The van der Waals surface area contributed by atoms with E-state index in [2.05, 4.69) is 15.3 Å². The average Bonchev–Trinajstić information content (AvgIpc) is 2.93. The van der Waals surface area contributed by atoms with Gasteiger partial charge in [0.15, 0.2) is 0 Å². The number of rotatable bonds is 3. The molecular formula is C16H15N3O. The van der Waals surface area contributed by atoms with Crippen LogP contribution in [0.25, 0.3) is 11.0 Å². The highest BCUT2D eigenvalue weighted by Crippen LogP contribution is 2.24. The molecule has 0 spiro atoms. The molecule has 0 fully saturated rings. The summed E-state index contributed by atoms with van der Waals surface area (Å²) in [5, 5.41) is 3.00. The van der Waals surface area contributed by atoms with E-state index in [1.807, 2.05) is 48.5 Å². The SMILES string of the molecule is CC(=O)NC(c1ccccc1)c1ccc2nc[nH]c2c1. The van der Waals surface area contributed by atoms with Crippen molar-refractivity contribution < 1.29 is 4.79 Å². The summed E-state index contributed by atoms with van der Waals surface area (Å²) < 4.78 is 0. The number of hydrogen-bond acceptors (Lipinski definition) is 2. The van der Waals surface area contributed by atoms with Crippen LogP contribution < -0.4 is 5.32 Å². The number of imidazole rings is 1. The first-order chi connectivity index (χ1) is 9.74. The third-order valence-electron chi connectivity index (χ3n) is 3.26. The molecule has 0 saturated heterocycles. The van der Waals surface area contributed by atoms with Crippen molar-refractivity contribution in [1.82, 2.24) is 15.3 Å². The van der Waals surface area contributed by atoms with Crippen molar-refractivity contribution in [3.63, 3.8) is 0 Å². The number of aromatic amines is 1. The van der Waals surface area contributed by atoms with Crippen LogP contribution in [0, 0.1) is 0 Å². The molecule has 1 aromatic heterocycles. The predicted octanol–water partition coefficient (Wildman–Crippen LogP) is 2.79. The van der Waals surface area contributed by atoms with E-state index in [0.29, 0.717) is 0 Å². The van der Waals surface area contributed by atoms with Crippen molar-refractivity contribution in [2.24, 2.45) is 0 Å². The Hall–Kier alpha value is -2.62. The van der Waals surface area contributed by atoms with E-state index in [-0.39, 0.29) is 11.9 Å². The smallest absolute Gasteiger partial charge is 0.217 e. The van der Waals surface area contributed by atoms with Gasteiger partial charge in [0.25, 0.3) is 0 Å². The molecule has 2 N–H and O–H groups in total. The van der Waals surface area contributed by atoms with Gasteiger partial charge in [-0.2, -0.15) is 0 Å². The van der Waals surface area contributed by atoms with Crippen LogP contribution in [0.2, 0.25) is 0 Å². The van der Waals surface area contributed by atoms with E-state index in [9.17, 15) is 4.79 Å². The van der Waals surface area contributed by atoms with Crippen molar-refractivity contribution >= 4 is 16.9 Å². The fourth-order valence-electron chi connectivity index (χ4n) is 2.34. The van der Waals surface area contributed by atoms with Gasteiger partial charge in [-0.3, -0.25) is 4.79 Å². The van der Waals surface area contributed by atoms with E-state index in [0.717, 1.165) is 22.2 Å². The van der Waals surface area contributed by atoms with Crippen molar-refractivity contribution in [3.8, 4) is 0 Å². The fraction of sp³-hybridized carbons (Fsp3) is 0.125. The lowest BCUT2D eigenvalue weighted by molar-refractivity contribution is -0.119. The Morgan fingerprint density at radius 1 is 1.15 bits per heavy atom. The van der Waals surface area contributed by atoms with Crippen molar-refractivity contribution in [2.75, 3.05) is 0 Å². The van der Waals surface area contributed by atoms with Crippen LogP contribution in [0.15, 0.2) is 54.9 Å². The molecule has 0 radical (unpaired) electrons. The minimum Gasteiger partial charge on any atom is -0.345 e. The molecule has 0 aliphatic rings. The average molecular weight is 265 g/mol. The highest BCUT2D eigenvalue weighted by Gasteiger charge is 2.15. The van der Waals surface area contributed by atoms with Gasteiger partial charge in [-0.1, -0.05) is 36.4 Å². The summed E-state index contributed by atoms with van der Waals surface area (Å²) in [6, 6.07) is 15.8. The topological polar surface area (TPSA) is 57.8 Å². The molecule has 20 heavy (non-hydrogen) atoms. The molecule has 100 valence electrons. The van der Waals surface area contributed by atoms with E-state index >= 15 is 0 Å². The van der Waals surface area contributed by atoms with Gasteiger partial charge in [0, 0.05) is 6.92 Å². The van der Waals surface area contributed by atoms with Crippen LogP contribution in [0.4, 0.5) is 0 Å². The van der Waals surface area contributed by atoms with Crippen LogP contribution in [0.1, 0.15) is 24.1 Å². The molecule has 1 unspecified atom stereocenters. The number of nitrogens with one attached hydrogen (secondary N) is 2. The Morgan fingerprint density at radius 3 is 2.70 bits per heavy atom. The molecule has 3 rings (SSSR count). The van der Waals surface area contributed by atoms with Gasteiger partial charge in [-0.25, -0.2) is 4.98 Å². The first kappa shape index (κ1) is 12.4. The van der Waals surface area contributed by atoms with Crippen molar-refractivity contribution in [3.05, 3.63) is 66.0 Å². The molecule has 0 saturated carbocycles. The summed E-state index contributed by atoms with van der Waals surface area (Å²) in [6.07, 6.45) is 1.67. The normalized spacial score (nSPS) is 12.2. The Balaban J connectivity index is 2.06. The van der Waals surface area contributed by atoms with E-state index in [1.165, 1.54) is 6.92 Å². The van der Waals surface area contributed by atoms with E-state index in [1.54, 1.807) is 6.33 Å². The van der Waals surface area contributed by atoms with Gasteiger partial charge in [-0.05, 0) is 23.3 Å². The van der Waals surface area contributed by atoms with Crippen LogP contribution >= 0.6 is 0 Å². The summed E-state index contributed by atoms with van der Waals surface area (Å²) in [5.74, 6) is -0.0523. The largest absolute Gasteiger partial charge is 0.345 e. The van der Waals surface area contributed by atoms with Crippen LogP contribution in [-0.4, -0.2) is 15.9 Å². The lowest BCUT2D eigenvalue weighted by atomic mass is 9.98. The van der Waals surface area contributed by atoms with Gasteiger partial charge in [0.2, 0.25) is 5.91 Å². The standard InChI is InChI=1S/C16H15N3O/c1-11(20)19-16(12-5-3-2-4-6-12)13-7-8-14-15(9-13)18-10-17-14/h2-10,16H,1H3,(H,17,18)(H,19,20). The monoisotopic (exact) mass is 265 g/mol. The van der Waals surface area contributed by atoms with Crippen molar-refractivity contribution in [1.29, 1.82) is 0 Å². The Kier molecular flexibility index (Phi) is 3.21. The predicted molar refractivity (Wildman–Crippen MR) is 78.2 cm³/mol. The minimum atomic E-state index is -0.151. The summed E-state index contributed by atoms with van der Waals surface area (Å²) >= 11 is 0. The number of fused-ring (bicyclic) bond motifs is 1. The molecule has 4 heteroatoms. The fourth-order valence-corrected chi connectivity index (χ4v) is 2.34. The maximum Gasteiger partial charge on any atom is 0.217 e. The number of aromatic nitrogens is 2. The number of nitrogens with zero attached hydrogens (tertiary/aromatic N) is 1. The highest BCUT2D eigenvalue weighted by atomic mass is 16.1. The quantitative estimate of drug-likeness (QED) is 0.765. The molecular weight excluding hydrogens is 250 g/mol. The van der Waals surface area contributed by atoms with Gasteiger partial charge in [-0.15, -0.1) is 0 Å². The first-order valence-corrected chi connectivity index (χ1v) is 6.49. The van der Waals surface area contributed by atoms with Gasteiger partial charge in [0.1, 0.15) is 0 Å². The highest BCUT2D eigenvalue weighted by molar-refractivity contribution is 5.77. The third-order valence-corrected chi connectivity index (χ3v) is 3.26. The Labute approximate surface area is 116 Å². The van der Waals surface area contributed by atoms with Crippen LogP contribution in [-0.2, 0) is 4.79 Å². The number of carbonyl (C=O) groups is 1. The second-order valence-corrected chi connectivity index (χ2v) is 4.72. The maximum atomic E-state index is 11.5. The molecule has 0 bridgehead atoms. The van der Waals surface area contributed by atoms with Crippen LogP contribution in [0.3, 0.4) is 0 Å². The summed E-state index contributed by atoms with van der Waals surface area (Å²) in [4.78, 5) is 18.8. The molecule has 4 nitrogen and oxygen atoms in total. The van der Waals surface area contributed by atoms with Gasteiger partial charge < -0.3 is 10.3 Å². The molecule has 0 aliphatic heterocycles.